The van der Waals surface area contributed by atoms with Crippen molar-refractivity contribution in [3.63, 3.8) is 0 Å². The second-order valence-electron chi connectivity index (χ2n) is 3.94. The zero-order chi connectivity index (χ0) is 14.0. The van der Waals surface area contributed by atoms with Gasteiger partial charge in [-0.05, 0) is 19.1 Å². The molecular formula is C13H11F3N2O. The first-order valence-electron chi connectivity index (χ1n) is 5.44. The van der Waals surface area contributed by atoms with E-state index in [1.807, 2.05) is 0 Å². The van der Waals surface area contributed by atoms with Gasteiger partial charge in [-0.2, -0.15) is 0 Å². The Labute approximate surface area is 107 Å². The summed E-state index contributed by atoms with van der Waals surface area (Å²) in [4.78, 5) is 4.03. The maximum absolute atomic E-state index is 12.3. The highest BCUT2D eigenvalue weighted by molar-refractivity contribution is 5.72. The topological polar surface area (TPSA) is 48.1 Å². The van der Waals surface area contributed by atoms with E-state index in [2.05, 4.69) is 9.72 Å². The number of halogens is 3. The molecule has 6 heteroatoms. The van der Waals surface area contributed by atoms with Crippen molar-refractivity contribution in [3.05, 3.63) is 42.2 Å². The highest BCUT2D eigenvalue weighted by atomic mass is 19.4. The first-order valence-corrected chi connectivity index (χ1v) is 5.44. The van der Waals surface area contributed by atoms with Crippen molar-refractivity contribution in [2.75, 3.05) is 5.73 Å². The number of nitrogens with zero attached hydrogens (tertiary/aromatic N) is 1. The summed E-state index contributed by atoms with van der Waals surface area (Å²) in [6.07, 6.45) is -3.27. The molecule has 0 amide bonds. The van der Waals surface area contributed by atoms with Gasteiger partial charge in [0, 0.05) is 17.3 Å². The van der Waals surface area contributed by atoms with Crippen LogP contribution in [0.3, 0.4) is 0 Å². The number of alkyl halides is 3. The second kappa shape index (κ2) is 4.79. The Kier molecular flexibility index (Phi) is 3.33. The van der Waals surface area contributed by atoms with Crippen LogP contribution in [0, 0.1) is 6.92 Å². The SMILES string of the molecule is Cc1ncc(-c2ccccc2OC(F)(F)F)cc1N. The summed E-state index contributed by atoms with van der Waals surface area (Å²) in [7, 11) is 0. The minimum atomic E-state index is -4.74. The van der Waals surface area contributed by atoms with Crippen LogP contribution in [0.2, 0.25) is 0 Å². The van der Waals surface area contributed by atoms with Gasteiger partial charge in [-0.3, -0.25) is 4.98 Å². The van der Waals surface area contributed by atoms with Gasteiger partial charge >= 0.3 is 6.36 Å². The molecule has 100 valence electrons. The Morgan fingerprint density at radius 3 is 2.53 bits per heavy atom. The van der Waals surface area contributed by atoms with Crippen LogP contribution in [0.15, 0.2) is 36.5 Å². The van der Waals surface area contributed by atoms with Crippen LogP contribution in [0.4, 0.5) is 18.9 Å². The van der Waals surface area contributed by atoms with Crippen LogP contribution in [0.1, 0.15) is 5.69 Å². The van der Waals surface area contributed by atoms with E-state index in [0.717, 1.165) is 0 Å². The van der Waals surface area contributed by atoms with Crippen molar-refractivity contribution < 1.29 is 17.9 Å². The Balaban J connectivity index is 2.47. The molecular weight excluding hydrogens is 257 g/mol. The molecule has 0 unspecified atom stereocenters. The van der Waals surface area contributed by atoms with Gasteiger partial charge in [0.05, 0.1) is 11.4 Å². The number of aryl methyl sites for hydroxylation is 1. The molecule has 0 saturated heterocycles. The molecule has 0 aliphatic heterocycles. The van der Waals surface area contributed by atoms with Crippen LogP contribution in [0.25, 0.3) is 11.1 Å². The van der Waals surface area contributed by atoms with E-state index in [4.69, 9.17) is 5.73 Å². The van der Waals surface area contributed by atoms with Gasteiger partial charge in [-0.1, -0.05) is 18.2 Å². The number of hydrogen-bond donors (Lipinski definition) is 1. The van der Waals surface area contributed by atoms with Crippen LogP contribution in [-0.4, -0.2) is 11.3 Å². The van der Waals surface area contributed by atoms with E-state index in [0.29, 0.717) is 22.5 Å². The van der Waals surface area contributed by atoms with Crippen molar-refractivity contribution in [1.82, 2.24) is 4.98 Å². The Morgan fingerprint density at radius 2 is 1.89 bits per heavy atom. The number of ether oxygens (including phenoxy) is 1. The first kappa shape index (κ1) is 13.2. The smallest absolute Gasteiger partial charge is 0.405 e. The summed E-state index contributed by atoms with van der Waals surface area (Å²) >= 11 is 0. The van der Waals surface area contributed by atoms with Gasteiger partial charge in [0.25, 0.3) is 0 Å². The predicted molar refractivity (Wildman–Crippen MR) is 65.5 cm³/mol. The third-order valence-electron chi connectivity index (χ3n) is 2.55. The molecule has 0 atom stereocenters. The predicted octanol–water partition coefficient (Wildman–Crippen LogP) is 3.54. The minimum Gasteiger partial charge on any atom is -0.405 e. The quantitative estimate of drug-likeness (QED) is 0.906. The number of anilines is 1. The van der Waals surface area contributed by atoms with Crippen molar-refractivity contribution in [2.45, 2.75) is 13.3 Å². The molecule has 19 heavy (non-hydrogen) atoms. The lowest BCUT2D eigenvalue weighted by atomic mass is 10.1. The largest absolute Gasteiger partial charge is 0.573 e. The first-order chi connectivity index (χ1) is 8.87. The molecule has 0 aliphatic carbocycles. The van der Waals surface area contributed by atoms with E-state index in [9.17, 15) is 13.2 Å². The summed E-state index contributed by atoms with van der Waals surface area (Å²) in [5, 5.41) is 0. The number of nitrogen functional groups attached to an aromatic ring is 1. The highest BCUT2D eigenvalue weighted by Gasteiger charge is 2.32. The van der Waals surface area contributed by atoms with Crippen molar-refractivity contribution in [2.24, 2.45) is 0 Å². The normalized spacial score (nSPS) is 11.4. The van der Waals surface area contributed by atoms with E-state index in [1.54, 1.807) is 19.1 Å². The standard InChI is InChI=1S/C13H11F3N2O/c1-8-11(17)6-9(7-18-8)10-4-2-3-5-12(10)19-13(14,15)16/h2-7H,17H2,1H3. The van der Waals surface area contributed by atoms with E-state index < -0.39 is 6.36 Å². The third kappa shape index (κ3) is 3.15. The lowest BCUT2D eigenvalue weighted by Gasteiger charge is -2.13. The lowest BCUT2D eigenvalue weighted by molar-refractivity contribution is -0.274. The molecule has 0 fully saturated rings. The average Bonchev–Trinajstić information content (AvgIpc) is 2.31. The molecule has 1 aromatic heterocycles. The fourth-order valence-electron chi connectivity index (χ4n) is 1.62. The monoisotopic (exact) mass is 268 g/mol. The zero-order valence-electron chi connectivity index (χ0n) is 10.0. The number of para-hydroxylation sites is 1. The molecule has 3 nitrogen and oxygen atoms in total. The summed E-state index contributed by atoms with van der Waals surface area (Å²) in [6.45, 7) is 1.72. The average molecular weight is 268 g/mol. The van der Waals surface area contributed by atoms with Crippen molar-refractivity contribution >= 4 is 5.69 Å². The summed E-state index contributed by atoms with van der Waals surface area (Å²) in [5.41, 5.74) is 7.51. The summed E-state index contributed by atoms with van der Waals surface area (Å²) in [5.74, 6) is -0.278. The Morgan fingerprint density at radius 1 is 1.21 bits per heavy atom. The molecule has 1 heterocycles. The number of pyridine rings is 1. The minimum absolute atomic E-state index is 0.278. The second-order valence-corrected chi connectivity index (χ2v) is 3.94. The number of nitrogens with two attached hydrogens (primary N) is 1. The number of rotatable bonds is 2. The van der Waals surface area contributed by atoms with E-state index >= 15 is 0 Å². The maximum Gasteiger partial charge on any atom is 0.573 e. The lowest BCUT2D eigenvalue weighted by Crippen LogP contribution is -2.17. The maximum atomic E-state index is 12.3. The van der Waals surface area contributed by atoms with Crippen LogP contribution in [-0.2, 0) is 0 Å². The molecule has 2 N–H and O–H groups in total. The van der Waals surface area contributed by atoms with Crippen LogP contribution < -0.4 is 10.5 Å². The third-order valence-corrected chi connectivity index (χ3v) is 2.55. The van der Waals surface area contributed by atoms with Gasteiger partial charge in [-0.15, -0.1) is 13.2 Å². The van der Waals surface area contributed by atoms with Gasteiger partial charge in [0.1, 0.15) is 5.75 Å². The van der Waals surface area contributed by atoms with E-state index in [-0.39, 0.29) is 5.75 Å². The number of aromatic nitrogens is 1. The van der Waals surface area contributed by atoms with Gasteiger partial charge < -0.3 is 10.5 Å². The molecule has 0 aliphatic rings. The van der Waals surface area contributed by atoms with Crippen molar-refractivity contribution in [3.8, 4) is 16.9 Å². The molecule has 2 aromatic rings. The zero-order valence-corrected chi connectivity index (χ0v) is 10.0. The molecule has 2 rings (SSSR count). The summed E-state index contributed by atoms with van der Waals surface area (Å²) < 4.78 is 40.9. The summed E-state index contributed by atoms with van der Waals surface area (Å²) in [6, 6.07) is 7.43. The molecule has 0 spiro atoms. The van der Waals surface area contributed by atoms with E-state index in [1.165, 1.54) is 24.4 Å². The number of hydrogen-bond acceptors (Lipinski definition) is 3. The van der Waals surface area contributed by atoms with Crippen LogP contribution in [0.5, 0.6) is 5.75 Å². The van der Waals surface area contributed by atoms with Crippen molar-refractivity contribution in [1.29, 1.82) is 0 Å². The van der Waals surface area contributed by atoms with Gasteiger partial charge in [0.15, 0.2) is 0 Å². The van der Waals surface area contributed by atoms with Crippen LogP contribution >= 0.6 is 0 Å². The fourth-order valence-corrected chi connectivity index (χ4v) is 1.62. The molecule has 0 saturated carbocycles. The Hall–Kier alpha value is -2.24. The highest BCUT2D eigenvalue weighted by Crippen LogP contribution is 2.34. The molecule has 0 radical (unpaired) electrons. The molecule has 1 aromatic carbocycles. The molecule has 0 bridgehead atoms. The van der Waals surface area contributed by atoms with Gasteiger partial charge in [-0.25, -0.2) is 0 Å². The van der Waals surface area contributed by atoms with Gasteiger partial charge in [0.2, 0.25) is 0 Å². The fraction of sp³-hybridized carbons (Fsp3) is 0.154. The number of benzene rings is 1. The Bertz CT molecular complexity index is 597.